The average Bonchev–Trinajstić information content (AvgIpc) is 2.18. The molecule has 0 aliphatic carbocycles. The minimum absolute atomic E-state index is 0.201. The quantitative estimate of drug-likeness (QED) is 0.410. The first kappa shape index (κ1) is 9.98. The van der Waals surface area contributed by atoms with Crippen molar-refractivity contribution < 1.29 is 9.53 Å². The summed E-state index contributed by atoms with van der Waals surface area (Å²) in [5.41, 5.74) is 0.686. The Labute approximate surface area is 80.7 Å². The molecule has 5 heteroatoms. The van der Waals surface area contributed by atoms with Gasteiger partial charge in [0.05, 0.1) is 24.3 Å². The highest BCUT2D eigenvalue weighted by Gasteiger charge is 2.04. The Bertz CT molecular complexity index is 304. The van der Waals surface area contributed by atoms with Crippen LogP contribution in [0.3, 0.4) is 0 Å². The fourth-order valence-electron chi connectivity index (χ4n) is 0.805. The number of carbonyl (C=O) groups is 1. The molecule has 1 aromatic heterocycles. The van der Waals surface area contributed by atoms with Crippen LogP contribution in [0.25, 0.3) is 0 Å². The Kier molecular flexibility index (Phi) is 3.70. The maximum atomic E-state index is 10.9. The normalized spacial score (nSPS) is 9.69. The highest BCUT2D eigenvalue weighted by Crippen LogP contribution is 2.10. The molecular weight excluding hydrogens is 188 g/mol. The van der Waals surface area contributed by atoms with Crippen molar-refractivity contribution in [2.45, 2.75) is 11.4 Å². The zero-order chi connectivity index (χ0) is 9.68. The summed E-state index contributed by atoms with van der Waals surface area (Å²) in [7, 11) is 1.36. The number of rotatable bonds is 3. The van der Waals surface area contributed by atoms with Crippen molar-refractivity contribution >= 4 is 17.7 Å². The number of ether oxygens (including phenoxy) is 1. The van der Waals surface area contributed by atoms with Gasteiger partial charge in [0.2, 0.25) is 0 Å². The molecule has 1 heterocycles. The molecule has 0 N–H and O–H groups in total. The fourth-order valence-corrected chi connectivity index (χ4v) is 1.21. The Balaban J connectivity index is 2.71. The van der Waals surface area contributed by atoms with Crippen molar-refractivity contribution in [2.75, 3.05) is 13.4 Å². The highest BCUT2D eigenvalue weighted by atomic mass is 32.2. The number of aromatic nitrogens is 2. The van der Waals surface area contributed by atoms with Crippen molar-refractivity contribution in [3.63, 3.8) is 0 Å². The summed E-state index contributed by atoms with van der Waals surface area (Å²) in [4.78, 5) is 18.8. The summed E-state index contributed by atoms with van der Waals surface area (Å²) in [6.07, 6.45) is 3.57. The van der Waals surface area contributed by atoms with E-state index in [1.165, 1.54) is 25.2 Å². The van der Waals surface area contributed by atoms with Crippen molar-refractivity contribution in [1.29, 1.82) is 0 Å². The summed E-state index contributed by atoms with van der Waals surface area (Å²) in [5.74, 6) is -0.286. The fraction of sp³-hybridized carbons (Fsp3) is 0.375. The summed E-state index contributed by atoms with van der Waals surface area (Å²) in [5, 5.41) is 0.855. The molecule has 0 saturated carbocycles. The molecule has 0 saturated heterocycles. The first-order valence-electron chi connectivity index (χ1n) is 3.68. The number of carbonyl (C=O) groups excluding carboxylic acids is 1. The third-order valence-electron chi connectivity index (χ3n) is 1.46. The lowest BCUT2D eigenvalue weighted by Crippen LogP contribution is -2.06. The minimum atomic E-state index is -0.286. The van der Waals surface area contributed by atoms with Gasteiger partial charge >= 0.3 is 5.97 Å². The maximum absolute atomic E-state index is 10.9. The Morgan fingerprint density at radius 1 is 1.62 bits per heavy atom. The number of methoxy groups -OCH3 is 1. The van der Waals surface area contributed by atoms with Gasteiger partial charge in [-0.25, -0.2) is 9.97 Å². The second-order valence-corrected chi connectivity index (χ2v) is 3.13. The molecule has 0 aromatic carbocycles. The minimum Gasteiger partial charge on any atom is -0.469 e. The van der Waals surface area contributed by atoms with Crippen LogP contribution in [0, 0.1) is 0 Å². The first-order chi connectivity index (χ1) is 6.26. The molecule has 70 valence electrons. The lowest BCUT2D eigenvalue weighted by atomic mass is 10.3. The van der Waals surface area contributed by atoms with Crippen LogP contribution >= 0.6 is 11.8 Å². The topological polar surface area (TPSA) is 52.1 Å². The molecule has 0 aliphatic rings. The summed E-state index contributed by atoms with van der Waals surface area (Å²) >= 11 is 1.51. The van der Waals surface area contributed by atoms with Crippen LogP contribution in [-0.2, 0) is 16.0 Å². The SMILES string of the molecule is COC(=O)Cc1cc(SC)ncn1. The highest BCUT2D eigenvalue weighted by molar-refractivity contribution is 7.98. The predicted octanol–water partition coefficient (Wildman–Crippen LogP) is 0.914. The monoisotopic (exact) mass is 198 g/mol. The molecule has 0 atom stereocenters. The number of esters is 1. The molecule has 0 unspecified atom stereocenters. The molecule has 0 fully saturated rings. The molecule has 1 aromatic rings. The van der Waals surface area contributed by atoms with Crippen LogP contribution in [0.5, 0.6) is 0 Å². The summed E-state index contributed by atoms with van der Waals surface area (Å²) in [6, 6.07) is 1.78. The number of nitrogens with zero attached hydrogens (tertiary/aromatic N) is 2. The molecule has 0 radical (unpaired) electrons. The van der Waals surface area contributed by atoms with Crippen LogP contribution in [0.1, 0.15) is 5.69 Å². The van der Waals surface area contributed by atoms with E-state index in [0.717, 1.165) is 5.03 Å². The first-order valence-corrected chi connectivity index (χ1v) is 4.90. The van der Waals surface area contributed by atoms with Crippen LogP contribution in [-0.4, -0.2) is 29.3 Å². The second kappa shape index (κ2) is 4.81. The van der Waals surface area contributed by atoms with Crippen molar-refractivity contribution in [3.05, 3.63) is 18.1 Å². The van der Waals surface area contributed by atoms with Crippen molar-refractivity contribution in [3.8, 4) is 0 Å². The van der Waals surface area contributed by atoms with Crippen LogP contribution in [0.15, 0.2) is 17.4 Å². The van der Waals surface area contributed by atoms with E-state index < -0.39 is 0 Å². The summed E-state index contributed by atoms with van der Waals surface area (Å²) < 4.78 is 4.52. The Morgan fingerprint density at radius 3 is 3.00 bits per heavy atom. The number of hydrogen-bond donors (Lipinski definition) is 0. The van der Waals surface area contributed by atoms with Gasteiger partial charge in [-0.05, 0) is 12.3 Å². The largest absolute Gasteiger partial charge is 0.469 e. The Hall–Kier alpha value is -1.10. The van der Waals surface area contributed by atoms with E-state index in [1.54, 1.807) is 6.07 Å². The molecule has 4 nitrogen and oxygen atoms in total. The number of thioether (sulfide) groups is 1. The third kappa shape index (κ3) is 3.02. The molecular formula is C8H10N2O2S. The lowest BCUT2D eigenvalue weighted by molar-refractivity contribution is -0.139. The molecule has 13 heavy (non-hydrogen) atoms. The zero-order valence-corrected chi connectivity index (χ0v) is 8.30. The smallest absolute Gasteiger partial charge is 0.311 e. The molecule has 0 aliphatic heterocycles. The van der Waals surface area contributed by atoms with E-state index in [4.69, 9.17) is 0 Å². The van der Waals surface area contributed by atoms with Gasteiger partial charge in [-0.15, -0.1) is 11.8 Å². The predicted molar refractivity (Wildman–Crippen MR) is 49.5 cm³/mol. The van der Waals surface area contributed by atoms with Crippen molar-refractivity contribution in [1.82, 2.24) is 9.97 Å². The van der Waals surface area contributed by atoms with Crippen LogP contribution in [0.2, 0.25) is 0 Å². The Morgan fingerprint density at radius 2 is 2.38 bits per heavy atom. The average molecular weight is 198 g/mol. The van der Waals surface area contributed by atoms with Crippen LogP contribution in [0.4, 0.5) is 0 Å². The van der Waals surface area contributed by atoms with Gasteiger partial charge in [0.15, 0.2) is 0 Å². The summed E-state index contributed by atoms with van der Waals surface area (Å²) in [6.45, 7) is 0. The van der Waals surface area contributed by atoms with Gasteiger partial charge in [0.25, 0.3) is 0 Å². The van der Waals surface area contributed by atoms with Gasteiger partial charge in [0.1, 0.15) is 6.33 Å². The van der Waals surface area contributed by atoms with E-state index in [0.29, 0.717) is 5.69 Å². The van der Waals surface area contributed by atoms with Gasteiger partial charge in [-0.1, -0.05) is 0 Å². The molecule has 0 spiro atoms. The van der Waals surface area contributed by atoms with E-state index in [1.807, 2.05) is 6.26 Å². The lowest BCUT2D eigenvalue weighted by Gasteiger charge is -1.99. The molecule has 1 rings (SSSR count). The van der Waals surface area contributed by atoms with Crippen molar-refractivity contribution in [2.24, 2.45) is 0 Å². The molecule has 0 bridgehead atoms. The van der Waals surface area contributed by atoms with Gasteiger partial charge < -0.3 is 4.74 Å². The van der Waals surface area contributed by atoms with Gasteiger partial charge in [-0.3, -0.25) is 4.79 Å². The van der Waals surface area contributed by atoms with Gasteiger partial charge in [0, 0.05) is 0 Å². The molecule has 0 amide bonds. The van der Waals surface area contributed by atoms with E-state index in [9.17, 15) is 4.79 Å². The third-order valence-corrected chi connectivity index (χ3v) is 2.10. The second-order valence-electron chi connectivity index (χ2n) is 2.30. The van der Waals surface area contributed by atoms with Gasteiger partial charge in [-0.2, -0.15) is 0 Å². The van der Waals surface area contributed by atoms with E-state index in [2.05, 4.69) is 14.7 Å². The van der Waals surface area contributed by atoms with E-state index >= 15 is 0 Å². The zero-order valence-electron chi connectivity index (χ0n) is 7.48. The standard InChI is InChI=1S/C8H10N2O2S/c1-12-8(11)4-6-3-7(13-2)10-5-9-6/h3,5H,4H2,1-2H3. The van der Waals surface area contributed by atoms with Crippen LogP contribution < -0.4 is 0 Å². The number of hydrogen-bond acceptors (Lipinski definition) is 5. The van der Waals surface area contributed by atoms with E-state index in [-0.39, 0.29) is 12.4 Å². The maximum Gasteiger partial charge on any atom is 0.311 e.